The number of aliphatic carboxylic acids is 1. The number of hydrogen-bond acceptors (Lipinski definition) is 3. The van der Waals surface area contributed by atoms with Crippen molar-refractivity contribution in [1.29, 1.82) is 0 Å². The average molecular weight is 267 g/mol. The predicted octanol–water partition coefficient (Wildman–Crippen LogP) is 2.27. The maximum Gasteiger partial charge on any atom is 0.303 e. The SMILES string of the molecule is O=C(O)CC1CCN(C2CCOC3(CCCC3)C2)C1. The Labute approximate surface area is 115 Å². The molecule has 2 heterocycles. The maximum absolute atomic E-state index is 10.8. The quantitative estimate of drug-likeness (QED) is 0.852. The van der Waals surface area contributed by atoms with Gasteiger partial charge < -0.3 is 9.84 Å². The summed E-state index contributed by atoms with van der Waals surface area (Å²) in [6, 6.07) is 0.630. The number of carboxylic acids is 1. The van der Waals surface area contributed by atoms with Crippen LogP contribution in [0.5, 0.6) is 0 Å². The minimum Gasteiger partial charge on any atom is -0.481 e. The molecule has 3 fully saturated rings. The van der Waals surface area contributed by atoms with Crippen molar-refractivity contribution in [2.24, 2.45) is 5.92 Å². The van der Waals surface area contributed by atoms with Gasteiger partial charge in [0.2, 0.25) is 0 Å². The van der Waals surface area contributed by atoms with Crippen LogP contribution in [0.1, 0.15) is 51.4 Å². The Kier molecular flexibility index (Phi) is 3.81. The minimum absolute atomic E-state index is 0.174. The van der Waals surface area contributed by atoms with Crippen molar-refractivity contribution in [3.8, 4) is 0 Å². The van der Waals surface area contributed by atoms with Gasteiger partial charge in [0.1, 0.15) is 0 Å². The first-order valence-corrected chi connectivity index (χ1v) is 7.77. The van der Waals surface area contributed by atoms with Crippen LogP contribution in [0.25, 0.3) is 0 Å². The second-order valence-electron chi connectivity index (χ2n) is 6.63. The molecule has 0 aromatic carbocycles. The third-order valence-electron chi connectivity index (χ3n) is 5.28. The molecule has 1 aliphatic carbocycles. The number of hydrogen-bond donors (Lipinski definition) is 1. The normalized spacial score (nSPS) is 34.9. The van der Waals surface area contributed by atoms with Crippen molar-refractivity contribution in [3.63, 3.8) is 0 Å². The molecule has 3 aliphatic rings. The fraction of sp³-hybridized carbons (Fsp3) is 0.933. The fourth-order valence-electron chi connectivity index (χ4n) is 4.29. The Bertz CT molecular complexity index is 338. The zero-order valence-electron chi connectivity index (χ0n) is 11.6. The van der Waals surface area contributed by atoms with E-state index in [9.17, 15) is 4.79 Å². The first kappa shape index (κ1) is 13.4. The summed E-state index contributed by atoms with van der Waals surface area (Å²) in [6.07, 6.45) is 8.78. The van der Waals surface area contributed by atoms with E-state index in [1.807, 2.05) is 0 Å². The molecular weight excluding hydrogens is 242 g/mol. The molecule has 1 saturated carbocycles. The van der Waals surface area contributed by atoms with Crippen LogP contribution in [0.3, 0.4) is 0 Å². The second-order valence-corrected chi connectivity index (χ2v) is 6.63. The molecule has 0 bridgehead atoms. The van der Waals surface area contributed by atoms with Crippen LogP contribution >= 0.6 is 0 Å². The molecule has 2 saturated heterocycles. The van der Waals surface area contributed by atoms with Crippen molar-refractivity contribution < 1.29 is 14.6 Å². The van der Waals surface area contributed by atoms with Gasteiger partial charge in [0.25, 0.3) is 0 Å². The van der Waals surface area contributed by atoms with Crippen LogP contribution in [0.15, 0.2) is 0 Å². The maximum atomic E-state index is 10.8. The van der Waals surface area contributed by atoms with Crippen molar-refractivity contribution in [1.82, 2.24) is 4.90 Å². The van der Waals surface area contributed by atoms with Crippen LogP contribution in [0, 0.1) is 5.92 Å². The topological polar surface area (TPSA) is 49.8 Å². The van der Waals surface area contributed by atoms with Gasteiger partial charge in [-0.15, -0.1) is 0 Å². The zero-order valence-corrected chi connectivity index (χ0v) is 11.6. The third kappa shape index (κ3) is 2.95. The number of carbonyl (C=O) groups is 1. The summed E-state index contributed by atoms with van der Waals surface area (Å²) in [4.78, 5) is 13.3. The Balaban J connectivity index is 1.56. The number of nitrogens with zero attached hydrogens (tertiary/aromatic N) is 1. The largest absolute Gasteiger partial charge is 0.481 e. The van der Waals surface area contributed by atoms with Gasteiger partial charge in [-0.3, -0.25) is 9.69 Å². The van der Waals surface area contributed by atoms with E-state index in [0.29, 0.717) is 18.4 Å². The van der Waals surface area contributed by atoms with Crippen LogP contribution in [-0.2, 0) is 9.53 Å². The Morgan fingerprint density at radius 2 is 2.11 bits per heavy atom. The molecule has 2 aliphatic heterocycles. The smallest absolute Gasteiger partial charge is 0.303 e. The van der Waals surface area contributed by atoms with Gasteiger partial charge in [-0.2, -0.15) is 0 Å². The van der Waals surface area contributed by atoms with Gasteiger partial charge in [-0.05, 0) is 44.6 Å². The van der Waals surface area contributed by atoms with Gasteiger partial charge in [0.05, 0.1) is 5.60 Å². The molecule has 1 N–H and O–H groups in total. The zero-order chi connectivity index (χ0) is 13.3. The van der Waals surface area contributed by atoms with Gasteiger partial charge in [0.15, 0.2) is 0 Å². The van der Waals surface area contributed by atoms with Gasteiger partial charge in [-0.25, -0.2) is 0 Å². The number of likely N-dealkylation sites (tertiary alicyclic amines) is 1. The van der Waals surface area contributed by atoms with Gasteiger partial charge in [-0.1, -0.05) is 12.8 Å². The highest BCUT2D eigenvalue weighted by Crippen LogP contribution is 2.42. The second kappa shape index (κ2) is 5.41. The van der Waals surface area contributed by atoms with E-state index in [0.717, 1.165) is 32.5 Å². The van der Waals surface area contributed by atoms with Crippen molar-refractivity contribution >= 4 is 5.97 Å². The van der Waals surface area contributed by atoms with Crippen molar-refractivity contribution in [2.75, 3.05) is 19.7 Å². The Hall–Kier alpha value is -0.610. The Morgan fingerprint density at radius 3 is 2.84 bits per heavy atom. The predicted molar refractivity (Wildman–Crippen MR) is 72.1 cm³/mol. The Morgan fingerprint density at radius 1 is 1.32 bits per heavy atom. The summed E-state index contributed by atoms with van der Waals surface area (Å²) in [7, 11) is 0. The summed E-state index contributed by atoms with van der Waals surface area (Å²) in [5, 5.41) is 8.90. The van der Waals surface area contributed by atoms with E-state index in [2.05, 4.69) is 4.90 Å². The molecule has 4 nitrogen and oxygen atoms in total. The monoisotopic (exact) mass is 267 g/mol. The van der Waals surface area contributed by atoms with E-state index in [1.165, 1.54) is 32.1 Å². The van der Waals surface area contributed by atoms with E-state index in [-0.39, 0.29) is 5.60 Å². The molecule has 19 heavy (non-hydrogen) atoms. The molecule has 0 amide bonds. The average Bonchev–Trinajstić information content (AvgIpc) is 2.99. The summed E-state index contributed by atoms with van der Waals surface area (Å²) in [5.41, 5.74) is 0.174. The number of rotatable bonds is 3. The molecule has 1 spiro atoms. The molecule has 0 aromatic heterocycles. The molecule has 2 atom stereocenters. The molecule has 2 unspecified atom stereocenters. The number of ether oxygens (including phenoxy) is 1. The standard InChI is InChI=1S/C15H25NO3/c17-14(18)9-12-3-7-16(11-12)13-4-8-19-15(10-13)5-1-2-6-15/h12-13H,1-11H2,(H,17,18). The molecule has 0 radical (unpaired) electrons. The van der Waals surface area contributed by atoms with Crippen LogP contribution in [-0.4, -0.2) is 47.3 Å². The minimum atomic E-state index is -0.647. The molecule has 0 aromatic rings. The third-order valence-corrected chi connectivity index (χ3v) is 5.28. The van der Waals surface area contributed by atoms with E-state index in [4.69, 9.17) is 9.84 Å². The van der Waals surface area contributed by atoms with Crippen molar-refractivity contribution in [3.05, 3.63) is 0 Å². The van der Waals surface area contributed by atoms with Gasteiger partial charge >= 0.3 is 5.97 Å². The lowest BCUT2D eigenvalue weighted by Gasteiger charge is -2.42. The fourth-order valence-corrected chi connectivity index (χ4v) is 4.29. The lowest BCUT2D eigenvalue weighted by molar-refractivity contribution is -0.138. The highest BCUT2D eigenvalue weighted by Gasteiger charge is 2.42. The molecule has 108 valence electrons. The van der Waals surface area contributed by atoms with Crippen molar-refractivity contribution in [2.45, 2.75) is 63.0 Å². The number of carboxylic acid groups (broad SMARTS) is 1. The van der Waals surface area contributed by atoms with Crippen LogP contribution < -0.4 is 0 Å². The summed E-state index contributed by atoms with van der Waals surface area (Å²) >= 11 is 0. The first-order valence-electron chi connectivity index (χ1n) is 7.77. The summed E-state index contributed by atoms with van der Waals surface area (Å²) < 4.78 is 6.09. The van der Waals surface area contributed by atoms with E-state index >= 15 is 0 Å². The highest BCUT2D eigenvalue weighted by molar-refractivity contribution is 5.67. The van der Waals surface area contributed by atoms with E-state index < -0.39 is 5.97 Å². The van der Waals surface area contributed by atoms with Crippen LogP contribution in [0.4, 0.5) is 0 Å². The molecule has 4 heteroatoms. The van der Waals surface area contributed by atoms with Gasteiger partial charge in [0, 0.05) is 25.6 Å². The highest BCUT2D eigenvalue weighted by atomic mass is 16.5. The summed E-state index contributed by atoms with van der Waals surface area (Å²) in [5.74, 6) is -0.286. The molecular formula is C15H25NO3. The lowest BCUT2D eigenvalue weighted by atomic mass is 9.88. The van der Waals surface area contributed by atoms with E-state index in [1.54, 1.807) is 0 Å². The first-order chi connectivity index (χ1) is 9.17. The van der Waals surface area contributed by atoms with Crippen LogP contribution in [0.2, 0.25) is 0 Å². The summed E-state index contributed by atoms with van der Waals surface area (Å²) in [6.45, 7) is 2.95. The lowest BCUT2D eigenvalue weighted by Crippen LogP contribution is -2.46. The molecule has 3 rings (SSSR count).